The first-order valence-corrected chi connectivity index (χ1v) is 10.6. The molecule has 7 heteroatoms. The van der Waals surface area contributed by atoms with Crippen molar-refractivity contribution in [1.82, 2.24) is 9.80 Å². The Hall–Kier alpha value is -3.22. The molecule has 0 N–H and O–H groups in total. The standard InChI is InChI=1S/C24H28N2O5/c1-3-31-24(30)23(29)20-9-6-14-26(20)22(28)13-12-21(27)25(2)16-17-10-11-18-7-4-5-8-19(18)15-17/h4-5,7-8,10-11,15,20H,3,6,9,12-14,16H2,1-2H3/t20-/m0/s1. The molecule has 2 aromatic carbocycles. The smallest absolute Gasteiger partial charge is 0.376 e. The fourth-order valence-electron chi connectivity index (χ4n) is 3.92. The molecule has 2 aromatic rings. The van der Waals surface area contributed by atoms with Gasteiger partial charge in [0.1, 0.15) is 6.04 Å². The maximum Gasteiger partial charge on any atom is 0.376 e. The van der Waals surface area contributed by atoms with Gasteiger partial charge in [0.25, 0.3) is 5.78 Å². The highest BCUT2D eigenvalue weighted by atomic mass is 16.5. The molecule has 31 heavy (non-hydrogen) atoms. The fourth-order valence-corrected chi connectivity index (χ4v) is 3.92. The highest BCUT2D eigenvalue weighted by molar-refractivity contribution is 6.36. The summed E-state index contributed by atoms with van der Waals surface area (Å²) in [5.41, 5.74) is 1.01. The van der Waals surface area contributed by atoms with Crippen molar-refractivity contribution in [3.63, 3.8) is 0 Å². The van der Waals surface area contributed by atoms with Crippen molar-refractivity contribution >= 4 is 34.3 Å². The molecule has 1 saturated heterocycles. The van der Waals surface area contributed by atoms with Crippen molar-refractivity contribution in [2.75, 3.05) is 20.2 Å². The summed E-state index contributed by atoms with van der Waals surface area (Å²) in [6.07, 6.45) is 1.16. The predicted octanol–water partition coefficient (Wildman–Crippen LogP) is 2.70. The maximum absolute atomic E-state index is 12.6. The topological polar surface area (TPSA) is 84.0 Å². The molecule has 164 valence electrons. The van der Waals surface area contributed by atoms with Crippen LogP contribution in [0.4, 0.5) is 0 Å². The number of amides is 2. The van der Waals surface area contributed by atoms with Crippen LogP contribution >= 0.6 is 0 Å². The molecule has 1 aliphatic rings. The molecular weight excluding hydrogens is 396 g/mol. The fraction of sp³-hybridized carbons (Fsp3) is 0.417. The van der Waals surface area contributed by atoms with Crippen LogP contribution in [-0.4, -0.2) is 59.6 Å². The van der Waals surface area contributed by atoms with E-state index in [0.29, 0.717) is 25.9 Å². The molecule has 1 atom stereocenters. The lowest BCUT2D eigenvalue weighted by atomic mass is 10.1. The molecule has 1 aliphatic heterocycles. The second kappa shape index (κ2) is 10.2. The Morgan fingerprint density at radius 3 is 2.55 bits per heavy atom. The Kier molecular flexibility index (Phi) is 7.39. The maximum atomic E-state index is 12.6. The number of hydrogen-bond acceptors (Lipinski definition) is 5. The Morgan fingerprint density at radius 1 is 1.06 bits per heavy atom. The lowest BCUT2D eigenvalue weighted by molar-refractivity contribution is -0.156. The molecule has 0 aromatic heterocycles. The molecule has 0 saturated carbocycles. The summed E-state index contributed by atoms with van der Waals surface area (Å²) in [6.45, 7) is 2.60. The average Bonchev–Trinajstić information content (AvgIpc) is 3.26. The van der Waals surface area contributed by atoms with Crippen LogP contribution in [0.1, 0.15) is 38.2 Å². The number of Topliss-reactive ketones (excluding diaryl/α,β-unsaturated/α-hetero) is 1. The van der Waals surface area contributed by atoms with E-state index in [1.165, 1.54) is 4.90 Å². The minimum atomic E-state index is -0.904. The number of fused-ring (bicyclic) bond motifs is 1. The second-order valence-corrected chi connectivity index (χ2v) is 7.76. The lowest BCUT2D eigenvalue weighted by Crippen LogP contribution is -2.44. The summed E-state index contributed by atoms with van der Waals surface area (Å²) >= 11 is 0. The first kappa shape index (κ1) is 22.5. The van der Waals surface area contributed by atoms with Crippen LogP contribution in [0.25, 0.3) is 10.8 Å². The third kappa shape index (κ3) is 5.48. The van der Waals surface area contributed by atoms with E-state index in [-0.39, 0.29) is 31.3 Å². The SMILES string of the molecule is CCOC(=O)C(=O)[C@@H]1CCCN1C(=O)CCC(=O)N(C)Cc1ccc2ccccc2c1. The predicted molar refractivity (Wildman–Crippen MR) is 116 cm³/mol. The van der Waals surface area contributed by atoms with Gasteiger partial charge in [0.05, 0.1) is 6.61 Å². The van der Waals surface area contributed by atoms with E-state index in [2.05, 4.69) is 6.07 Å². The van der Waals surface area contributed by atoms with Crippen LogP contribution in [0.5, 0.6) is 0 Å². The number of benzene rings is 2. The number of carbonyl (C=O) groups is 4. The van der Waals surface area contributed by atoms with Gasteiger partial charge in [-0.25, -0.2) is 4.79 Å². The number of nitrogens with zero attached hydrogens (tertiary/aromatic N) is 2. The summed E-state index contributed by atoms with van der Waals surface area (Å²) in [5, 5.41) is 2.26. The minimum absolute atomic E-state index is 0.00744. The highest BCUT2D eigenvalue weighted by Crippen LogP contribution is 2.21. The zero-order valence-electron chi connectivity index (χ0n) is 18.0. The molecule has 1 fully saturated rings. The van der Waals surface area contributed by atoms with Crippen LogP contribution in [0.3, 0.4) is 0 Å². The number of likely N-dealkylation sites (tertiary alicyclic amines) is 1. The van der Waals surface area contributed by atoms with Gasteiger partial charge in [0, 0.05) is 33.0 Å². The first-order valence-electron chi connectivity index (χ1n) is 10.6. The quantitative estimate of drug-likeness (QED) is 0.481. The van der Waals surface area contributed by atoms with Crippen molar-refractivity contribution in [2.45, 2.75) is 45.2 Å². The van der Waals surface area contributed by atoms with E-state index in [4.69, 9.17) is 4.74 Å². The number of rotatable bonds is 8. The molecule has 3 rings (SSSR count). The second-order valence-electron chi connectivity index (χ2n) is 7.76. The molecule has 0 radical (unpaired) electrons. The molecule has 0 spiro atoms. The Bertz CT molecular complexity index is 987. The average molecular weight is 424 g/mol. The zero-order chi connectivity index (χ0) is 22.4. The van der Waals surface area contributed by atoms with Crippen molar-refractivity contribution in [1.29, 1.82) is 0 Å². The van der Waals surface area contributed by atoms with Gasteiger partial charge in [0.2, 0.25) is 11.8 Å². The van der Waals surface area contributed by atoms with E-state index in [0.717, 1.165) is 16.3 Å². The molecule has 7 nitrogen and oxygen atoms in total. The first-order chi connectivity index (χ1) is 14.9. The van der Waals surface area contributed by atoms with Gasteiger partial charge in [-0.3, -0.25) is 14.4 Å². The number of esters is 1. The van der Waals surface area contributed by atoms with Gasteiger partial charge < -0.3 is 14.5 Å². The molecule has 1 heterocycles. The largest absolute Gasteiger partial charge is 0.460 e. The minimum Gasteiger partial charge on any atom is -0.460 e. The van der Waals surface area contributed by atoms with Crippen LogP contribution in [0.2, 0.25) is 0 Å². The van der Waals surface area contributed by atoms with Crippen LogP contribution in [0, 0.1) is 0 Å². The summed E-state index contributed by atoms with van der Waals surface area (Å²) < 4.78 is 4.77. The van der Waals surface area contributed by atoms with Gasteiger partial charge in [-0.1, -0.05) is 36.4 Å². The Labute approximate surface area is 181 Å². The summed E-state index contributed by atoms with van der Waals surface area (Å²) in [5.74, 6) is -2.02. The molecule has 2 amide bonds. The van der Waals surface area contributed by atoms with E-state index in [1.54, 1.807) is 18.9 Å². The number of ketones is 1. The van der Waals surface area contributed by atoms with E-state index < -0.39 is 17.8 Å². The van der Waals surface area contributed by atoms with Gasteiger partial charge >= 0.3 is 5.97 Å². The van der Waals surface area contributed by atoms with Crippen molar-refractivity contribution in [3.8, 4) is 0 Å². The lowest BCUT2D eigenvalue weighted by Gasteiger charge is -2.23. The summed E-state index contributed by atoms with van der Waals surface area (Å²) in [7, 11) is 1.71. The van der Waals surface area contributed by atoms with Crippen molar-refractivity contribution in [3.05, 3.63) is 48.0 Å². The monoisotopic (exact) mass is 424 g/mol. The number of carbonyl (C=O) groups excluding carboxylic acids is 4. The van der Waals surface area contributed by atoms with Gasteiger partial charge in [-0.2, -0.15) is 0 Å². The molecule has 0 bridgehead atoms. The van der Waals surface area contributed by atoms with Crippen LogP contribution in [-0.2, 0) is 30.5 Å². The normalized spacial score (nSPS) is 15.7. The van der Waals surface area contributed by atoms with Crippen LogP contribution in [0.15, 0.2) is 42.5 Å². The third-order valence-corrected chi connectivity index (χ3v) is 5.56. The number of hydrogen-bond donors (Lipinski definition) is 0. The van der Waals surface area contributed by atoms with E-state index in [9.17, 15) is 19.2 Å². The van der Waals surface area contributed by atoms with E-state index >= 15 is 0 Å². The van der Waals surface area contributed by atoms with Crippen molar-refractivity contribution in [2.24, 2.45) is 0 Å². The van der Waals surface area contributed by atoms with Gasteiger partial charge in [-0.05, 0) is 42.2 Å². The molecule has 0 aliphatic carbocycles. The third-order valence-electron chi connectivity index (χ3n) is 5.56. The van der Waals surface area contributed by atoms with Crippen molar-refractivity contribution < 1.29 is 23.9 Å². The highest BCUT2D eigenvalue weighted by Gasteiger charge is 2.37. The zero-order valence-corrected chi connectivity index (χ0v) is 18.0. The molecular formula is C24H28N2O5. The summed E-state index contributed by atoms with van der Waals surface area (Å²) in [4.78, 5) is 52.2. The van der Waals surface area contributed by atoms with E-state index in [1.807, 2.05) is 36.4 Å². The molecule has 0 unspecified atom stereocenters. The Balaban J connectivity index is 1.53. The summed E-state index contributed by atoms with van der Waals surface area (Å²) in [6, 6.07) is 13.3. The van der Waals surface area contributed by atoms with Crippen LogP contribution < -0.4 is 0 Å². The Morgan fingerprint density at radius 2 is 1.81 bits per heavy atom. The number of ether oxygens (including phenoxy) is 1. The van der Waals surface area contributed by atoms with Gasteiger partial charge in [0.15, 0.2) is 0 Å². The van der Waals surface area contributed by atoms with Gasteiger partial charge in [-0.15, -0.1) is 0 Å².